The van der Waals surface area contributed by atoms with Crippen molar-refractivity contribution in [3.8, 4) is 0 Å². The molecule has 1 aromatic rings. The van der Waals surface area contributed by atoms with Crippen LogP contribution >= 0.6 is 0 Å². The summed E-state index contributed by atoms with van der Waals surface area (Å²) in [6.07, 6.45) is -0.398. The minimum absolute atomic E-state index is 0.386. The van der Waals surface area contributed by atoms with E-state index in [9.17, 15) is 4.79 Å². The predicted molar refractivity (Wildman–Crippen MR) is 56.6 cm³/mol. The number of hydrogen-bond donors (Lipinski definition) is 1. The summed E-state index contributed by atoms with van der Waals surface area (Å²) in [5.74, 6) is 0. The van der Waals surface area contributed by atoms with Crippen molar-refractivity contribution in [2.45, 2.75) is 20.8 Å². The molecule has 0 saturated carbocycles. The normalized spacial score (nSPS) is 9.64. The molecular formula is C11H15NO2. The van der Waals surface area contributed by atoms with Crippen LogP contribution in [0.1, 0.15) is 18.1 Å². The van der Waals surface area contributed by atoms with Crippen LogP contribution in [0.15, 0.2) is 18.2 Å². The molecular weight excluding hydrogens is 178 g/mol. The van der Waals surface area contributed by atoms with E-state index < -0.39 is 6.09 Å². The molecule has 3 nitrogen and oxygen atoms in total. The Balaban J connectivity index is 2.80. The Morgan fingerprint density at radius 2 is 1.93 bits per heavy atom. The fourth-order valence-corrected chi connectivity index (χ4v) is 1.28. The van der Waals surface area contributed by atoms with Crippen LogP contribution in [0.5, 0.6) is 0 Å². The maximum atomic E-state index is 11.2. The second kappa shape index (κ2) is 4.65. The molecule has 0 aliphatic heterocycles. The van der Waals surface area contributed by atoms with Gasteiger partial charge < -0.3 is 4.74 Å². The van der Waals surface area contributed by atoms with Gasteiger partial charge in [0.15, 0.2) is 0 Å². The zero-order valence-electron chi connectivity index (χ0n) is 8.76. The van der Waals surface area contributed by atoms with Crippen molar-refractivity contribution in [3.63, 3.8) is 0 Å². The van der Waals surface area contributed by atoms with Gasteiger partial charge >= 0.3 is 6.09 Å². The van der Waals surface area contributed by atoms with E-state index in [1.165, 1.54) is 0 Å². The molecule has 1 aromatic carbocycles. The number of amides is 1. The average Bonchev–Trinajstić information content (AvgIpc) is 2.12. The number of aryl methyl sites for hydroxylation is 2. The van der Waals surface area contributed by atoms with Crippen molar-refractivity contribution in [3.05, 3.63) is 29.3 Å². The van der Waals surface area contributed by atoms with Gasteiger partial charge in [-0.25, -0.2) is 4.79 Å². The van der Waals surface area contributed by atoms with Gasteiger partial charge in [0.05, 0.1) is 6.61 Å². The highest BCUT2D eigenvalue weighted by Crippen LogP contribution is 2.19. The molecule has 0 saturated heterocycles. The Morgan fingerprint density at radius 1 is 1.36 bits per heavy atom. The molecule has 0 aromatic heterocycles. The number of hydrogen-bond acceptors (Lipinski definition) is 2. The molecule has 76 valence electrons. The van der Waals surface area contributed by atoms with E-state index in [0.29, 0.717) is 6.61 Å². The van der Waals surface area contributed by atoms with Crippen molar-refractivity contribution >= 4 is 11.8 Å². The smallest absolute Gasteiger partial charge is 0.411 e. The third-order valence-corrected chi connectivity index (χ3v) is 1.98. The van der Waals surface area contributed by atoms with E-state index in [4.69, 9.17) is 4.74 Å². The quantitative estimate of drug-likeness (QED) is 0.784. The highest BCUT2D eigenvalue weighted by molar-refractivity contribution is 5.86. The lowest BCUT2D eigenvalue weighted by atomic mass is 10.1. The first kappa shape index (κ1) is 10.6. The number of anilines is 1. The second-order valence-electron chi connectivity index (χ2n) is 3.11. The Hall–Kier alpha value is -1.51. The number of rotatable bonds is 2. The summed E-state index contributed by atoms with van der Waals surface area (Å²) in [4.78, 5) is 11.2. The zero-order chi connectivity index (χ0) is 10.6. The topological polar surface area (TPSA) is 38.3 Å². The lowest BCUT2D eigenvalue weighted by molar-refractivity contribution is 0.168. The molecule has 1 amide bonds. The lowest BCUT2D eigenvalue weighted by Gasteiger charge is -2.10. The van der Waals surface area contributed by atoms with Gasteiger partial charge in [0.25, 0.3) is 0 Å². The third kappa shape index (κ3) is 2.49. The lowest BCUT2D eigenvalue weighted by Crippen LogP contribution is -2.14. The van der Waals surface area contributed by atoms with E-state index in [1.807, 2.05) is 32.0 Å². The van der Waals surface area contributed by atoms with E-state index in [-0.39, 0.29) is 0 Å². The van der Waals surface area contributed by atoms with Gasteiger partial charge in [-0.15, -0.1) is 0 Å². The van der Waals surface area contributed by atoms with E-state index in [0.717, 1.165) is 16.8 Å². The number of carbonyl (C=O) groups is 1. The number of para-hydroxylation sites is 1. The first-order chi connectivity index (χ1) is 6.65. The molecule has 0 heterocycles. The summed E-state index contributed by atoms with van der Waals surface area (Å²) in [5.41, 5.74) is 2.92. The van der Waals surface area contributed by atoms with Crippen LogP contribution in [0.2, 0.25) is 0 Å². The molecule has 0 fully saturated rings. The Bertz CT molecular complexity index is 314. The summed E-state index contributed by atoms with van der Waals surface area (Å²) in [6, 6.07) is 5.87. The fourth-order valence-electron chi connectivity index (χ4n) is 1.28. The number of benzene rings is 1. The van der Waals surface area contributed by atoms with Crippen molar-refractivity contribution in [1.82, 2.24) is 0 Å². The Morgan fingerprint density at radius 3 is 2.43 bits per heavy atom. The molecule has 0 radical (unpaired) electrons. The minimum atomic E-state index is -0.398. The monoisotopic (exact) mass is 193 g/mol. The summed E-state index contributed by atoms with van der Waals surface area (Å²) in [7, 11) is 0. The maximum absolute atomic E-state index is 11.2. The number of carbonyl (C=O) groups excluding carboxylic acids is 1. The SMILES string of the molecule is CCOC(=O)Nc1c(C)cccc1C. The molecule has 1 N–H and O–H groups in total. The molecule has 0 aliphatic rings. The van der Waals surface area contributed by atoms with Gasteiger partial charge in [-0.2, -0.15) is 0 Å². The van der Waals surface area contributed by atoms with E-state index in [2.05, 4.69) is 5.32 Å². The van der Waals surface area contributed by atoms with Crippen LogP contribution in [0, 0.1) is 13.8 Å². The molecule has 0 aliphatic carbocycles. The van der Waals surface area contributed by atoms with Gasteiger partial charge in [0.1, 0.15) is 0 Å². The Kier molecular flexibility index (Phi) is 3.51. The van der Waals surface area contributed by atoms with E-state index in [1.54, 1.807) is 6.92 Å². The van der Waals surface area contributed by atoms with Gasteiger partial charge in [0, 0.05) is 5.69 Å². The van der Waals surface area contributed by atoms with Gasteiger partial charge in [-0.1, -0.05) is 18.2 Å². The van der Waals surface area contributed by atoms with Crippen LogP contribution in [0.25, 0.3) is 0 Å². The molecule has 1 rings (SSSR count). The van der Waals surface area contributed by atoms with Crippen molar-refractivity contribution in [2.75, 3.05) is 11.9 Å². The molecule has 0 spiro atoms. The summed E-state index contributed by atoms with van der Waals surface area (Å²) >= 11 is 0. The molecule has 0 atom stereocenters. The molecule has 14 heavy (non-hydrogen) atoms. The second-order valence-corrected chi connectivity index (χ2v) is 3.11. The van der Waals surface area contributed by atoms with E-state index >= 15 is 0 Å². The zero-order valence-corrected chi connectivity index (χ0v) is 8.76. The molecule has 0 unspecified atom stereocenters. The number of nitrogens with one attached hydrogen (secondary N) is 1. The first-order valence-corrected chi connectivity index (χ1v) is 4.65. The van der Waals surface area contributed by atoms with Crippen molar-refractivity contribution in [1.29, 1.82) is 0 Å². The highest BCUT2D eigenvalue weighted by atomic mass is 16.5. The van der Waals surface area contributed by atoms with Gasteiger partial charge in [-0.05, 0) is 31.9 Å². The summed E-state index contributed by atoms with van der Waals surface area (Å²) in [5, 5.41) is 2.72. The highest BCUT2D eigenvalue weighted by Gasteiger charge is 2.06. The predicted octanol–water partition coefficient (Wildman–Crippen LogP) is 2.87. The summed E-state index contributed by atoms with van der Waals surface area (Å²) in [6.45, 7) is 6.07. The standard InChI is InChI=1S/C11H15NO2/c1-4-14-11(13)12-10-8(2)6-5-7-9(10)3/h5-7H,4H2,1-3H3,(H,12,13). The molecule has 3 heteroatoms. The van der Waals surface area contributed by atoms with Crippen LogP contribution in [0.3, 0.4) is 0 Å². The fraction of sp³-hybridized carbons (Fsp3) is 0.364. The van der Waals surface area contributed by atoms with Crippen molar-refractivity contribution < 1.29 is 9.53 Å². The molecule has 0 bridgehead atoms. The van der Waals surface area contributed by atoms with Crippen LogP contribution < -0.4 is 5.32 Å². The van der Waals surface area contributed by atoms with Crippen LogP contribution in [0.4, 0.5) is 10.5 Å². The van der Waals surface area contributed by atoms with Crippen LogP contribution in [-0.4, -0.2) is 12.7 Å². The Labute approximate surface area is 84.1 Å². The number of ether oxygens (including phenoxy) is 1. The van der Waals surface area contributed by atoms with Gasteiger partial charge in [0.2, 0.25) is 0 Å². The average molecular weight is 193 g/mol. The first-order valence-electron chi connectivity index (χ1n) is 4.65. The van der Waals surface area contributed by atoms with Gasteiger partial charge in [-0.3, -0.25) is 5.32 Å². The largest absolute Gasteiger partial charge is 0.450 e. The third-order valence-electron chi connectivity index (χ3n) is 1.98. The minimum Gasteiger partial charge on any atom is -0.450 e. The maximum Gasteiger partial charge on any atom is 0.411 e. The van der Waals surface area contributed by atoms with Crippen LogP contribution in [-0.2, 0) is 4.74 Å². The van der Waals surface area contributed by atoms with Crippen molar-refractivity contribution in [2.24, 2.45) is 0 Å². The summed E-state index contributed by atoms with van der Waals surface area (Å²) < 4.78 is 4.81.